The molecule has 0 radical (unpaired) electrons. The lowest BCUT2D eigenvalue weighted by molar-refractivity contribution is -0.111. The summed E-state index contributed by atoms with van der Waals surface area (Å²) >= 11 is 0. The van der Waals surface area contributed by atoms with Gasteiger partial charge in [-0.1, -0.05) is 32.6 Å². The first kappa shape index (κ1) is 11.5. The van der Waals surface area contributed by atoms with Gasteiger partial charge in [-0.15, -0.1) is 0 Å². The summed E-state index contributed by atoms with van der Waals surface area (Å²) in [4.78, 5) is 11.2. The molecule has 0 fully saturated rings. The van der Waals surface area contributed by atoms with Gasteiger partial charge in [0.15, 0.2) is 0 Å². The van der Waals surface area contributed by atoms with Crippen molar-refractivity contribution in [2.75, 3.05) is 5.32 Å². The van der Waals surface area contributed by atoms with E-state index in [0.29, 0.717) is 0 Å². The molecule has 80 valence electrons. The molecule has 0 aliphatic heterocycles. The lowest BCUT2D eigenvalue weighted by Crippen LogP contribution is -2.10. The van der Waals surface area contributed by atoms with Crippen LogP contribution in [-0.2, 0) is 17.6 Å². The SMILES string of the molecule is C=CC(=O)Nc1cccc(CC)c1CC. The van der Waals surface area contributed by atoms with Crippen LogP contribution in [0.3, 0.4) is 0 Å². The zero-order chi connectivity index (χ0) is 11.3. The summed E-state index contributed by atoms with van der Waals surface area (Å²) in [5.41, 5.74) is 3.41. The van der Waals surface area contributed by atoms with Gasteiger partial charge >= 0.3 is 0 Å². The maximum atomic E-state index is 11.2. The topological polar surface area (TPSA) is 29.1 Å². The Hall–Kier alpha value is -1.57. The average Bonchev–Trinajstić information content (AvgIpc) is 2.28. The maximum Gasteiger partial charge on any atom is 0.247 e. The van der Waals surface area contributed by atoms with Crippen molar-refractivity contribution < 1.29 is 4.79 Å². The Morgan fingerprint density at radius 1 is 1.40 bits per heavy atom. The molecule has 0 spiro atoms. The second kappa shape index (κ2) is 5.35. The van der Waals surface area contributed by atoms with Gasteiger partial charge in [0, 0.05) is 5.69 Å². The third-order valence-electron chi connectivity index (χ3n) is 2.45. The van der Waals surface area contributed by atoms with E-state index in [4.69, 9.17) is 0 Å². The highest BCUT2D eigenvalue weighted by atomic mass is 16.1. The van der Waals surface area contributed by atoms with Crippen molar-refractivity contribution >= 4 is 11.6 Å². The molecule has 0 saturated heterocycles. The Bertz CT molecular complexity index is 369. The minimum atomic E-state index is -0.155. The normalized spacial score (nSPS) is 9.73. The van der Waals surface area contributed by atoms with Crippen molar-refractivity contribution in [3.63, 3.8) is 0 Å². The summed E-state index contributed by atoms with van der Waals surface area (Å²) in [6, 6.07) is 6.00. The van der Waals surface area contributed by atoms with Crippen molar-refractivity contribution in [1.82, 2.24) is 0 Å². The highest BCUT2D eigenvalue weighted by Crippen LogP contribution is 2.21. The standard InChI is InChI=1S/C13H17NO/c1-4-10-8-7-9-12(11(10)5-2)14-13(15)6-3/h6-9H,3-5H2,1-2H3,(H,14,15). The van der Waals surface area contributed by atoms with Crippen LogP contribution in [0.2, 0.25) is 0 Å². The Morgan fingerprint density at radius 2 is 2.13 bits per heavy atom. The Labute approximate surface area is 91.0 Å². The van der Waals surface area contributed by atoms with Crippen molar-refractivity contribution in [2.24, 2.45) is 0 Å². The van der Waals surface area contributed by atoms with E-state index >= 15 is 0 Å². The van der Waals surface area contributed by atoms with E-state index in [1.54, 1.807) is 0 Å². The van der Waals surface area contributed by atoms with Gasteiger partial charge in [-0.2, -0.15) is 0 Å². The number of amides is 1. The van der Waals surface area contributed by atoms with Gasteiger partial charge in [0.25, 0.3) is 0 Å². The molecule has 0 aliphatic carbocycles. The second-order valence-electron chi connectivity index (χ2n) is 3.34. The summed E-state index contributed by atoms with van der Waals surface area (Å²) in [6.07, 6.45) is 3.20. The zero-order valence-corrected chi connectivity index (χ0v) is 9.34. The molecule has 1 N–H and O–H groups in total. The summed E-state index contributed by atoms with van der Waals surface area (Å²) in [5, 5.41) is 2.83. The van der Waals surface area contributed by atoms with Crippen LogP contribution in [0, 0.1) is 0 Å². The fourth-order valence-corrected chi connectivity index (χ4v) is 1.68. The fraction of sp³-hybridized carbons (Fsp3) is 0.308. The minimum absolute atomic E-state index is 0.155. The quantitative estimate of drug-likeness (QED) is 0.749. The fourth-order valence-electron chi connectivity index (χ4n) is 1.68. The summed E-state index contributed by atoms with van der Waals surface area (Å²) in [5.74, 6) is -0.155. The number of aryl methyl sites for hydroxylation is 1. The predicted octanol–water partition coefficient (Wildman–Crippen LogP) is 2.94. The van der Waals surface area contributed by atoms with Gasteiger partial charge in [-0.3, -0.25) is 4.79 Å². The highest BCUT2D eigenvalue weighted by molar-refractivity contribution is 5.99. The van der Waals surface area contributed by atoms with Crippen LogP contribution in [0.25, 0.3) is 0 Å². The third kappa shape index (κ3) is 2.69. The molecule has 0 aliphatic rings. The van der Waals surface area contributed by atoms with E-state index in [0.717, 1.165) is 18.5 Å². The number of benzene rings is 1. The highest BCUT2D eigenvalue weighted by Gasteiger charge is 2.06. The van der Waals surface area contributed by atoms with Gasteiger partial charge in [0.1, 0.15) is 0 Å². The molecule has 0 bridgehead atoms. The Morgan fingerprint density at radius 3 is 2.67 bits per heavy atom. The Kier molecular flexibility index (Phi) is 4.10. The zero-order valence-electron chi connectivity index (χ0n) is 9.34. The van der Waals surface area contributed by atoms with Crippen molar-refractivity contribution in [2.45, 2.75) is 26.7 Å². The number of carbonyl (C=O) groups is 1. The van der Waals surface area contributed by atoms with Gasteiger partial charge in [0.05, 0.1) is 0 Å². The molecule has 2 heteroatoms. The number of nitrogens with one attached hydrogen (secondary N) is 1. The number of carbonyl (C=O) groups excluding carboxylic acids is 1. The molecular formula is C13H17NO. The average molecular weight is 203 g/mol. The molecule has 1 aromatic carbocycles. The second-order valence-corrected chi connectivity index (χ2v) is 3.34. The smallest absolute Gasteiger partial charge is 0.247 e. The van der Waals surface area contributed by atoms with E-state index in [2.05, 4.69) is 31.8 Å². The maximum absolute atomic E-state index is 11.2. The molecule has 1 amide bonds. The lowest BCUT2D eigenvalue weighted by atomic mass is 10.0. The number of anilines is 1. The van der Waals surface area contributed by atoms with Crippen molar-refractivity contribution in [1.29, 1.82) is 0 Å². The van der Waals surface area contributed by atoms with Crippen molar-refractivity contribution in [3.8, 4) is 0 Å². The Balaban J connectivity index is 3.05. The van der Waals surface area contributed by atoms with Crippen LogP contribution < -0.4 is 5.32 Å². The predicted molar refractivity (Wildman–Crippen MR) is 64.0 cm³/mol. The van der Waals surface area contributed by atoms with Gasteiger partial charge in [-0.05, 0) is 36.1 Å². The minimum Gasteiger partial charge on any atom is -0.322 e. The van der Waals surface area contributed by atoms with Crippen LogP contribution in [-0.4, -0.2) is 5.91 Å². The molecule has 0 heterocycles. The van der Waals surface area contributed by atoms with Gasteiger partial charge < -0.3 is 5.32 Å². The first-order valence-electron chi connectivity index (χ1n) is 5.27. The van der Waals surface area contributed by atoms with Crippen LogP contribution in [0.5, 0.6) is 0 Å². The van der Waals surface area contributed by atoms with E-state index in [1.165, 1.54) is 17.2 Å². The van der Waals surface area contributed by atoms with Gasteiger partial charge in [0.2, 0.25) is 5.91 Å². The number of hydrogen-bond donors (Lipinski definition) is 1. The molecule has 0 saturated carbocycles. The molecule has 15 heavy (non-hydrogen) atoms. The van der Waals surface area contributed by atoms with E-state index in [-0.39, 0.29) is 5.91 Å². The summed E-state index contributed by atoms with van der Waals surface area (Å²) in [7, 11) is 0. The first-order valence-corrected chi connectivity index (χ1v) is 5.27. The molecule has 0 atom stereocenters. The first-order chi connectivity index (χ1) is 7.22. The van der Waals surface area contributed by atoms with Gasteiger partial charge in [-0.25, -0.2) is 0 Å². The molecule has 2 nitrogen and oxygen atoms in total. The summed E-state index contributed by atoms with van der Waals surface area (Å²) < 4.78 is 0. The molecular weight excluding hydrogens is 186 g/mol. The monoisotopic (exact) mass is 203 g/mol. The molecule has 0 aromatic heterocycles. The third-order valence-corrected chi connectivity index (χ3v) is 2.45. The lowest BCUT2D eigenvalue weighted by Gasteiger charge is -2.12. The summed E-state index contributed by atoms with van der Waals surface area (Å²) in [6.45, 7) is 7.66. The van der Waals surface area contributed by atoms with Crippen LogP contribution in [0.1, 0.15) is 25.0 Å². The largest absolute Gasteiger partial charge is 0.322 e. The van der Waals surface area contributed by atoms with E-state index in [1.807, 2.05) is 12.1 Å². The molecule has 1 aromatic rings. The number of rotatable bonds is 4. The number of hydrogen-bond acceptors (Lipinski definition) is 1. The van der Waals surface area contributed by atoms with Crippen LogP contribution in [0.4, 0.5) is 5.69 Å². The van der Waals surface area contributed by atoms with Crippen LogP contribution in [0.15, 0.2) is 30.9 Å². The van der Waals surface area contributed by atoms with E-state index < -0.39 is 0 Å². The van der Waals surface area contributed by atoms with Crippen LogP contribution >= 0.6 is 0 Å². The molecule has 1 rings (SSSR count). The van der Waals surface area contributed by atoms with E-state index in [9.17, 15) is 4.79 Å². The van der Waals surface area contributed by atoms with Crippen molar-refractivity contribution in [3.05, 3.63) is 42.0 Å². The molecule has 0 unspecified atom stereocenters.